The minimum atomic E-state index is -0.304. The zero-order valence-corrected chi connectivity index (χ0v) is 11.1. The maximum Gasteiger partial charge on any atom is 0.0924 e. The zero-order valence-electron chi connectivity index (χ0n) is 11.1. The molecule has 4 nitrogen and oxygen atoms in total. The molecule has 0 aromatic heterocycles. The van der Waals surface area contributed by atoms with Crippen molar-refractivity contribution in [2.75, 3.05) is 13.6 Å². The van der Waals surface area contributed by atoms with Gasteiger partial charge in [0, 0.05) is 19.0 Å². The third kappa shape index (κ3) is 4.85. The van der Waals surface area contributed by atoms with Crippen molar-refractivity contribution in [3.05, 3.63) is 35.9 Å². The summed E-state index contributed by atoms with van der Waals surface area (Å²) in [6.07, 6.45) is 0.930. The van der Waals surface area contributed by atoms with Crippen molar-refractivity contribution < 1.29 is 5.11 Å². The van der Waals surface area contributed by atoms with Gasteiger partial charge in [-0.1, -0.05) is 30.3 Å². The number of nitrogens with zero attached hydrogens (tertiary/aromatic N) is 1. The largest absolute Gasteiger partial charge is 0.393 e. The minimum absolute atomic E-state index is 0.0995. The third-order valence-corrected chi connectivity index (χ3v) is 3.03. The highest BCUT2D eigenvalue weighted by Gasteiger charge is 2.18. The zero-order chi connectivity index (χ0) is 13.5. The van der Waals surface area contributed by atoms with Gasteiger partial charge in [-0.2, -0.15) is 0 Å². The van der Waals surface area contributed by atoms with Crippen LogP contribution in [0.5, 0.6) is 0 Å². The van der Waals surface area contributed by atoms with E-state index >= 15 is 0 Å². The Morgan fingerprint density at radius 2 is 2.00 bits per heavy atom. The van der Waals surface area contributed by atoms with Gasteiger partial charge in [0.15, 0.2) is 0 Å². The number of aliphatic hydroxyl groups excluding tert-OH is 1. The van der Waals surface area contributed by atoms with Crippen LogP contribution >= 0.6 is 0 Å². The molecule has 0 amide bonds. The molecule has 1 rings (SSSR count). The highest BCUT2D eigenvalue weighted by atomic mass is 16.3. The first kappa shape index (κ1) is 14.7. The van der Waals surface area contributed by atoms with E-state index in [9.17, 15) is 5.11 Å². The Hall–Kier alpha value is -1.39. The number of nitrogens with two attached hydrogens (primary N) is 1. The molecular formula is C14H23N3O. The lowest BCUT2D eigenvalue weighted by molar-refractivity contribution is 0.150. The number of hydrogen-bond acceptors (Lipinski definition) is 3. The van der Waals surface area contributed by atoms with Gasteiger partial charge < -0.3 is 10.8 Å². The predicted octanol–water partition coefficient (Wildman–Crippen LogP) is 1.76. The van der Waals surface area contributed by atoms with E-state index in [1.165, 1.54) is 0 Å². The van der Waals surface area contributed by atoms with Gasteiger partial charge in [0.05, 0.1) is 11.9 Å². The summed E-state index contributed by atoms with van der Waals surface area (Å²) in [7, 11) is 2.00. The first-order valence-corrected chi connectivity index (χ1v) is 6.27. The normalized spacial score (nSPS) is 14.4. The summed E-state index contributed by atoms with van der Waals surface area (Å²) < 4.78 is 0. The number of rotatable bonds is 7. The number of amidine groups is 1. The second kappa shape index (κ2) is 7.13. The van der Waals surface area contributed by atoms with Gasteiger partial charge in [-0.25, -0.2) is 0 Å². The quantitative estimate of drug-likeness (QED) is 0.509. The Balaban J connectivity index is 2.75. The molecule has 0 radical (unpaired) electrons. The van der Waals surface area contributed by atoms with E-state index in [0.29, 0.717) is 6.42 Å². The summed E-state index contributed by atoms with van der Waals surface area (Å²) in [5.74, 6) is 0.188. The van der Waals surface area contributed by atoms with Crippen LogP contribution in [0.4, 0.5) is 0 Å². The van der Waals surface area contributed by atoms with Crippen LogP contribution in [0.25, 0.3) is 0 Å². The van der Waals surface area contributed by atoms with Crippen LogP contribution in [0.2, 0.25) is 0 Å². The Labute approximate surface area is 109 Å². The molecule has 0 bridgehead atoms. The van der Waals surface area contributed by atoms with Crippen LogP contribution in [0.1, 0.15) is 31.4 Å². The van der Waals surface area contributed by atoms with E-state index in [1.807, 2.05) is 37.4 Å². The molecule has 0 heterocycles. The lowest BCUT2D eigenvalue weighted by Crippen LogP contribution is -2.30. The van der Waals surface area contributed by atoms with Gasteiger partial charge in [-0.3, -0.25) is 10.3 Å². The van der Waals surface area contributed by atoms with Crippen molar-refractivity contribution >= 4 is 5.84 Å². The van der Waals surface area contributed by atoms with E-state index in [1.54, 1.807) is 6.92 Å². The van der Waals surface area contributed by atoms with Crippen LogP contribution in [-0.2, 0) is 0 Å². The van der Waals surface area contributed by atoms with Crippen molar-refractivity contribution in [2.24, 2.45) is 5.73 Å². The maximum absolute atomic E-state index is 9.34. The number of nitrogens with one attached hydrogen (secondary N) is 1. The highest BCUT2D eigenvalue weighted by molar-refractivity contribution is 5.77. The van der Waals surface area contributed by atoms with Gasteiger partial charge in [0.2, 0.25) is 0 Å². The molecule has 1 aromatic carbocycles. The topological polar surface area (TPSA) is 73.3 Å². The fourth-order valence-corrected chi connectivity index (χ4v) is 1.96. The van der Waals surface area contributed by atoms with Crippen molar-refractivity contribution in [3.63, 3.8) is 0 Å². The minimum Gasteiger partial charge on any atom is -0.393 e. The van der Waals surface area contributed by atoms with E-state index in [0.717, 1.165) is 18.5 Å². The molecule has 0 saturated carbocycles. The average molecular weight is 249 g/mol. The summed E-state index contributed by atoms with van der Waals surface area (Å²) in [4.78, 5) is 2.14. The van der Waals surface area contributed by atoms with Crippen molar-refractivity contribution in [1.82, 2.24) is 4.90 Å². The lowest BCUT2D eigenvalue weighted by Gasteiger charge is -2.28. The van der Waals surface area contributed by atoms with Crippen LogP contribution in [-0.4, -0.2) is 35.5 Å². The predicted molar refractivity (Wildman–Crippen MR) is 74.6 cm³/mol. The fraction of sp³-hybridized carbons (Fsp3) is 0.500. The summed E-state index contributed by atoms with van der Waals surface area (Å²) >= 11 is 0. The summed E-state index contributed by atoms with van der Waals surface area (Å²) in [6, 6.07) is 10.2. The van der Waals surface area contributed by atoms with Crippen LogP contribution in [0.15, 0.2) is 30.3 Å². The molecule has 0 aliphatic carbocycles. The molecule has 0 aliphatic heterocycles. The van der Waals surface area contributed by atoms with E-state index < -0.39 is 0 Å². The molecule has 4 heteroatoms. The SMILES string of the molecule is CC(O)CCN(C)C(CC(=N)N)c1ccccc1. The second-order valence-corrected chi connectivity index (χ2v) is 4.77. The number of aliphatic hydroxyl groups is 1. The van der Waals surface area contributed by atoms with Gasteiger partial charge in [-0.05, 0) is 26.0 Å². The van der Waals surface area contributed by atoms with E-state index in [-0.39, 0.29) is 18.0 Å². The molecule has 2 unspecified atom stereocenters. The Kier molecular flexibility index (Phi) is 5.82. The molecule has 0 aliphatic rings. The summed E-state index contributed by atoms with van der Waals surface area (Å²) in [5.41, 5.74) is 6.69. The van der Waals surface area contributed by atoms with E-state index in [4.69, 9.17) is 11.1 Å². The molecule has 0 spiro atoms. The molecule has 18 heavy (non-hydrogen) atoms. The highest BCUT2D eigenvalue weighted by Crippen LogP contribution is 2.23. The summed E-state index contributed by atoms with van der Waals surface area (Å²) in [6.45, 7) is 2.57. The van der Waals surface area contributed by atoms with Gasteiger partial charge in [0.1, 0.15) is 0 Å². The Morgan fingerprint density at radius 1 is 1.39 bits per heavy atom. The molecule has 100 valence electrons. The fourth-order valence-electron chi connectivity index (χ4n) is 1.96. The van der Waals surface area contributed by atoms with Crippen molar-refractivity contribution in [3.8, 4) is 0 Å². The Morgan fingerprint density at radius 3 is 2.50 bits per heavy atom. The van der Waals surface area contributed by atoms with Crippen LogP contribution in [0.3, 0.4) is 0 Å². The first-order chi connectivity index (χ1) is 8.50. The molecular weight excluding hydrogens is 226 g/mol. The third-order valence-electron chi connectivity index (χ3n) is 3.03. The molecule has 4 N–H and O–H groups in total. The standard InChI is InChI=1S/C14H23N3O/c1-11(18)8-9-17(2)13(10-14(15)16)12-6-4-3-5-7-12/h3-7,11,13,18H,8-10H2,1-2H3,(H3,15,16). The summed E-state index contributed by atoms with van der Waals surface area (Å²) in [5, 5.41) is 16.8. The second-order valence-electron chi connectivity index (χ2n) is 4.77. The average Bonchev–Trinajstić information content (AvgIpc) is 2.34. The molecule has 1 aromatic rings. The van der Waals surface area contributed by atoms with Crippen LogP contribution < -0.4 is 5.73 Å². The van der Waals surface area contributed by atoms with Gasteiger partial charge in [0.25, 0.3) is 0 Å². The molecule has 2 atom stereocenters. The van der Waals surface area contributed by atoms with Crippen molar-refractivity contribution in [2.45, 2.75) is 31.9 Å². The Bertz CT molecular complexity index is 365. The van der Waals surface area contributed by atoms with Gasteiger partial charge >= 0.3 is 0 Å². The molecule has 0 saturated heterocycles. The van der Waals surface area contributed by atoms with Crippen LogP contribution in [0, 0.1) is 5.41 Å². The van der Waals surface area contributed by atoms with Gasteiger partial charge in [-0.15, -0.1) is 0 Å². The smallest absolute Gasteiger partial charge is 0.0924 e. The monoisotopic (exact) mass is 249 g/mol. The maximum atomic E-state index is 9.34. The lowest BCUT2D eigenvalue weighted by atomic mass is 10.0. The number of benzene rings is 1. The molecule has 0 fully saturated rings. The first-order valence-electron chi connectivity index (χ1n) is 6.27. The van der Waals surface area contributed by atoms with Crippen molar-refractivity contribution in [1.29, 1.82) is 5.41 Å². The number of hydrogen-bond donors (Lipinski definition) is 3. The van der Waals surface area contributed by atoms with E-state index in [2.05, 4.69) is 4.90 Å².